The normalized spacial score (nSPS) is 26.6. The molecule has 1 aromatic carbocycles. The van der Waals surface area contributed by atoms with E-state index in [9.17, 15) is 4.21 Å². The highest BCUT2D eigenvalue weighted by Gasteiger charge is 2.22. The largest absolute Gasteiger partial charge is 0.392 e. The molecule has 6 heteroatoms. The molecule has 2 rings (SSSR count). The standard InChI is InChI=1S/C8H10N2O3S/c11-5-6-2-1-3-7(4-6)8-9-13-14(12)10-8/h1-4,8-11H,5H2. The van der Waals surface area contributed by atoms with Gasteiger partial charge >= 0.3 is 0 Å². The summed E-state index contributed by atoms with van der Waals surface area (Å²) in [6.45, 7) is -0.00942. The molecule has 1 saturated heterocycles. The number of aliphatic hydroxyl groups excluding tert-OH is 1. The molecule has 0 bridgehead atoms. The van der Waals surface area contributed by atoms with Crippen molar-refractivity contribution in [3.05, 3.63) is 35.4 Å². The van der Waals surface area contributed by atoms with E-state index in [-0.39, 0.29) is 12.8 Å². The minimum Gasteiger partial charge on any atom is -0.392 e. The fourth-order valence-corrected chi connectivity index (χ4v) is 1.85. The van der Waals surface area contributed by atoms with Crippen LogP contribution in [0.25, 0.3) is 0 Å². The van der Waals surface area contributed by atoms with Gasteiger partial charge in [0.15, 0.2) is 0 Å². The third kappa shape index (κ3) is 1.99. The SMILES string of the molecule is O=S1NC(c2cccc(CO)c2)NO1. The molecule has 0 saturated carbocycles. The van der Waals surface area contributed by atoms with Crippen molar-refractivity contribution in [2.24, 2.45) is 0 Å². The van der Waals surface area contributed by atoms with E-state index in [2.05, 4.69) is 14.5 Å². The predicted molar refractivity (Wildman–Crippen MR) is 50.6 cm³/mol. The molecule has 0 radical (unpaired) electrons. The molecule has 0 amide bonds. The molecule has 0 aromatic heterocycles. The summed E-state index contributed by atoms with van der Waals surface area (Å²) in [5.41, 5.74) is 4.27. The van der Waals surface area contributed by atoms with E-state index in [1.807, 2.05) is 24.3 Å². The van der Waals surface area contributed by atoms with Gasteiger partial charge in [-0.25, -0.2) is 4.21 Å². The van der Waals surface area contributed by atoms with Crippen molar-refractivity contribution >= 4 is 11.3 Å². The number of benzene rings is 1. The first kappa shape index (κ1) is 9.75. The van der Waals surface area contributed by atoms with Crippen LogP contribution in [0.4, 0.5) is 0 Å². The summed E-state index contributed by atoms with van der Waals surface area (Å²) >= 11 is -1.49. The fourth-order valence-electron chi connectivity index (χ4n) is 1.24. The van der Waals surface area contributed by atoms with Gasteiger partial charge in [-0.05, 0) is 11.1 Å². The molecule has 1 heterocycles. The zero-order valence-electron chi connectivity index (χ0n) is 7.27. The monoisotopic (exact) mass is 214 g/mol. The van der Waals surface area contributed by atoms with Crippen LogP contribution in [0.1, 0.15) is 17.3 Å². The Morgan fingerprint density at radius 3 is 3.07 bits per heavy atom. The third-order valence-corrected chi connectivity index (χ3v) is 2.60. The molecule has 14 heavy (non-hydrogen) atoms. The number of hydrogen-bond acceptors (Lipinski definition) is 4. The van der Waals surface area contributed by atoms with E-state index in [1.54, 1.807) is 0 Å². The Kier molecular flexibility index (Phi) is 2.90. The maximum Gasteiger partial charge on any atom is 0.253 e. The van der Waals surface area contributed by atoms with Gasteiger partial charge < -0.3 is 5.11 Å². The Balaban J connectivity index is 2.19. The molecule has 5 nitrogen and oxygen atoms in total. The lowest BCUT2D eigenvalue weighted by Gasteiger charge is -2.08. The maximum absolute atomic E-state index is 10.8. The second-order valence-corrected chi connectivity index (χ2v) is 3.76. The van der Waals surface area contributed by atoms with Crippen LogP contribution in [-0.4, -0.2) is 9.32 Å². The van der Waals surface area contributed by atoms with Gasteiger partial charge in [0.1, 0.15) is 6.17 Å². The number of hydrogen-bond donors (Lipinski definition) is 3. The fraction of sp³-hybridized carbons (Fsp3) is 0.250. The number of rotatable bonds is 2. The average Bonchev–Trinajstić information content (AvgIpc) is 2.65. The van der Waals surface area contributed by atoms with Crippen LogP contribution in [0, 0.1) is 0 Å². The van der Waals surface area contributed by atoms with Crippen LogP contribution < -0.4 is 10.2 Å². The number of aliphatic hydroxyl groups is 1. The van der Waals surface area contributed by atoms with Crippen molar-refractivity contribution in [1.82, 2.24) is 10.2 Å². The Hall–Kier alpha value is -0.790. The highest BCUT2D eigenvalue weighted by Crippen LogP contribution is 2.16. The number of nitrogens with one attached hydrogen (secondary N) is 2. The molecular formula is C8H10N2O3S. The van der Waals surface area contributed by atoms with Crippen molar-refractivity contribution in [3.63, 3.8) is 0 Å². The van der Waals surface area contributed by atoms with Crippen LogP contribution in [0.2, 0.25) is 0 Å². The Bertz CT molecular complexity index is 358. The lowest BCUT2D eigenvalue weighted by molar-refractivity contribution is 0.214. The molecule has 3 N–H and O–H groups in total. The molecular weight excluding hydrogens is 204 g/mol. The Morgan fingerprint density at radius 1 is 1.57 bits per heavy atom. The average molecular weight is 214 g/mol. The van der Waals surface area contributed by atoms with Crippen molar-refractivity contribution in [2.75, 3.05) is 0 Å². The van der Waals surface area contributed by atoms with E-state index >= 15 is 0 Å². The molecule has 1 fully saturated rings. The van der Waals surface area contributed by atoms with E-state index in [0.29, 0.717) is 0 Å². The summed E-state index contributed by atoms with van der Waals surface area (Å²) in [6, 6.07) is 7.31. The van der Waals surface area contributed by atoms with Crippen LogP contribution in [0.15, 0.2) is 24.3 Å². The Labute approximate surface area is 83.8 Å². The molecule has 2 atom stereocenters. The summed E-state index contributed by atoms with van der Waals surface area (Å²) in [4.78, 5) is 0. The molecule has 1 aromatic rings. The highest BCUT2D eigenvalue weighted by molar-refractivity contribution is 7.78. The van der Waals surface area contributed by atoms with E-state index in [0.717, 1.165) is 11.1 Å². The van der Waals surface area contributed by atoms with Gasteiger partial charge in [-0.1, -0.05) is 24.3 Å². The van der Waals surface area contributed by atoms with Gasteiger partial charge in [-0.15, -0.1) is 0 Å². The third-order valence-electron chi connectivity index (χ3n) is 1.92. The maximum atomic E-state index is 10.8. The summed E-state index contributed by atoms with van der Waals surface area (Å²) in [5, 5.41) is 8.92. The quantitative estimate of drug-likeness (QED) is 0.642. The highest BCUT2D eigenvalue weighted by atomic mass is 32.2. The smallest absolute Gasteiger partial charge is 0.253 e. The zero-order chi connectivity index (χ0) is 9.97. The first-order valence-electron chi connectivity index (χ1n) is 4.10. The number of hydroxylamine groups is 1. The molecule has 1 aliphatic rings. The minimum atomic E-state index is -1.49. The van der Waals surface area contributed by atoms with E-state index in [4.69, 9.17) is 5.11 Å². The molecule has 2 unspecified atom stereocenters. The molecule has 1 aliphatic heterocycles. The Morgan fingerprint density at radius 2 is 2.43 bits per heavy atom. The van der Waals surface area contributed by atoms with Crippen LogP contribution in [0.3, 0.4) is 0 Å². The van der Waals surface area contributed by atoms with Gasteiger partial charge in [-0.3, -0.25) is 0 Å². The van der Waals surface area contributed by atoms with Gasteiger partial charge in [0.25, 0.3) is 11.3 Å². The van der Waals surface area contributed by atoms with Gasteiger partial charge in [0.2, 0.25) is 0 Å². The van der Waals surface area contributed by atoms with Gasteiger partial charge in [0, 0.05) is 0 Å². The lowest BCUT2D eigenvalue weighted by Crippen LogP contribution is -2.21. The van der Waals surface area contributed by atoms with Crippen molar-refractivity contribution in [1.29, 1.82) is 0 Å². The van der Waals surface area contributed by atoms with Crippen molar-refractivity contribution in [3.8, 4) is 0 Å². The molecule has 0 aliphatic carbocycles. The second-order valence-electron chi connectivity index (χ2n) is 2.89. The van der Waals surface area contributed by atoms with Crippen molar-refractivity contribution < 1.29 is 13.6 Å². The second kappa shape index (κ2) is 4.16. The minimum absolute atomic E-state index is 0.00942. The van der Waals surface area contributed by atoms with Gasteiger partial charge in [0.05, 0.1) is 6.61 Å². The summed E-state index contributed by atoms with van der Waals surface area (Å²) in [7, 11) is 0. The van der Waals surface area contributed by atoms with Crippen LogP contribution in [-0.2, 0) is 22.2 Å². The zero-order valence-corrected chi connectivity index (χ0v) is 8.08. The molecule has 76 valence electrons. The predicted octanol–water partition coefficient (Wildman–Crippen LogP) is -0.119. The van der Waals surface area contributed by atoms with Crippen molar-refractivity contribution in [2.45, 2.75) is 12.8 Å². The topological polar surface area (TPSA) is 70.6 Å². The van der Waals surface area contributed by atoms with E-state index in [1.165, 1.54) is 0 Å². The van der Waals surface area contributed by atoms with Gasteiger partial charge in [-0.2, -0.15) is 14.5 Å². The van der Waals surface area contributed by atoms with Crippen LogP contribution >= 0.6 is 0 Å². The summed E-state index contributed by atoms with van der Waals surface area (Å²) in [6.07, 6.45) is -0.290. The lowest BCUT2D eigenvalue weighted by atomic mass is 10.1. The molecule has 0 spiro atoms. The van der Waals surface area contributed by atoms with Crippen LogP contribution in [0.5, 0.6) is 0 Å². The van der Waals surface area contributed by atoms with E-state index < -0.39 is 11.3 Å². The summed E-state index contributed by atoms with van der Waals surface area (Å²) in [5.74, 6) is 0. The summed E-state index contributed by atoms with van der Waals surface area (Å²) < 4.78 is 18.2. The first-order valence-corrected chi connectivity index (χ1v) is 5.17. The first-order chi connectivity index (χ1) is 6.79.